The van der Waals surface area contributed by atoms with Crippen molar-refractivity contribution in [2.45, 2.75) is 26.1 Å². The lowest BCUT2D eigenvalue weighted by molar-refractivity contribution is -0.140. The average Bonchev–Trinajstić information content (AvgIpc) is 2.94. The lowest BCUT2D eigenvalue weighted by Crippen LogP contribution is -2.13. The minimum absolute atomic E-state index is 0.378. The van der Waals surface area contributed by atoms with Gasteiger partial charge in [0.2, 0.25) is 0 Å². The Kier molecular flexibility index (Phi) is 3.86. The summed E-state index contributed by atoms with van der Waals surface area (Å²) in [6.07, 6.45) is -3.37. The number of anilines is 1. The van der Waals surface area contributed by atoms with E-state index >= 15 is 0 Å². The summed E-state index contributed by atoms with van der Waals surface area (Å²) in [5.74, 6) is -0.350. The second kappa shape index (κ2) is 5.73. The highest BCUT2D eigenvalue weighted by Gasteiger charge is 2.34. The number of halogens is 4. The fourth-order valence-electron chi connectivity index (χ4n) is 2.37. The molecule has 9 heteroatoms. The molecule has 1 aromatic carbocycles. The van der Waals surface area contributed by atoms with Crippen molar-refractivity contribution in [1.82, 2.24) is 19.6 Å². The van der Waals surface area contributed by atoms with Crippen LogP contribution in [0.25, 0.3) is 5.78 Å². The minimum Gasteiger partial charge on any atom is -0.363 e. The molecule has 0 saturated carbocycles. The molecule has 0 aliphatic rings. The van der Waals surface area contributed by atoms with Gasteiger partial charge in [-0.15, -0.1) is 0 Å². The van der Waals surface area contributed by atoms with Gasteiger partial charge < -0.3 is 5.32 Å². The lowest BCUT2D eigenvalue weighted by atomic mass is 10.1. The van der Waals surface area contributed by atoms with Crippen LogP contribution < -0.4 is 5.32 Å². The van der Waals surface area contributed by atoms with E-state index in [0.717, 1.165) is 12.1 Å². The zero-order chi connectivity index (χ0) is 17.5. The molecule has 0 saturated heterocycles. The summed E-state index contributed by atoms with van der Waals surface area (Å²) < 4.78 is 53.1. The Morgan fingerprint density at radius 1 is 1.21 bits per heavy atom. The zero-order valence-corrected chi connectivity index (χ0v) is 12.8. The zero-order valence-electron chi connectivity index (χ0n) is 12.8. The van der Waals surface area contributed by atoms with Gasteiger partial charge in [-0.3, -0.25) is 0 Å². The van der Waals surface area contributed by atoms with Crippen LogP contribution in [0.4, 0.5) is 23.4 Å². The molecule has 0 unspecified atom stereocenters. The van der Waals surface area contributed by atoms with Crippen molar-refractivity contribution in [3.8, 4) is 0 Å². The van der Waals surface area contributed by atoms with E-state index in [1.807, 2.05) is 0 Å². The van der Waals surface area contributed by atoms with Gasteiger partial charge in [-0.2, -0.15) is 27.8 Å². The fourth-order valence-corrected chi connectivity index (χ4v) is 2.37. The highest BCUT2D eigenvalue weighted by atomic mass is 19.4. The minimum atomic E-state index is -4.71. The van der Waals surface area contributed by atoms with Crippen molar-refractivity contribution in [2.24, 2.45) is 0 Å². The van der Waals surface area contributed by atoms with Crippen LogP contribution in [-0.4, -0.2) is 19.6 Å². The van der Waals surface area contributed by atoms with Gasteiger partial charge in [0, 0.05) is 11.8 Å². The van der Waals surface area contributed by atoms with E-state index in [2.05, 4.69) is 20.4 Å². The maximum absolute atomic E-state index is 13.7. The molecule has 2 heterocycles. The number of benzene rings is 1. The first-order valence-corrected chi connectivity index (χ1v) is 7.06. The topological polar surface area (TPSA) is 55.1 Å². The summed E-state index contributed by atoms with van der Waals surface area (Å²) in [7, 11) is 0. The van der Waals surface area contributed by atoms with Crippen molar-refractivity contribution < 1.29 is 17.6 Å². The first kappa shape index (κ1) is 16.2. The molecular weight excluding hydrogens is 326 g/mol. The highest BCUT2D eigenvalue weighted by molar-refractivity contribution is 5.46. The third kappa shape index (κ3) is 3.01. The number of aromatic nitrogens is 4. The van der Waals surface area contributed by atoms with Gasteiger partial charge in [-0.1, -0.05) is 6.07 Å². The maximum atomic E-state index is 13.7. The van der Waals surface area contributed by atoms with Crippen molar-refractivity contribution in [1.29, 1.82) is 0 Å². The van der Waals surface area contributed by atoms with Crippen molar-refractivity contribution in [3.05, 3.63) is 53.2 Å². The number of hydrogen-bond acceptors (Lipinski definition) is 4. The number of alkyl halides is 3. The van der Waals surface area contributed by atoms with Crippen molar-refractivity contribution in [2.75, 3.05) is 5.32 Å². The molecule has 3 aromatic rings. The number of fused-ring (bicyclic) bond motifs is 1. The van der Waals surface area contributed by atoms with Crippen LogP contribution in [0, 0.1) is 12.7 Å². The molecule has 0 aliphatic heterocycles. The van der Waals surface area contributed by atoms with Crippen molar-refractivity contribution >= 4 is 11.6 Å². The van der Waals surface area contributed by atoms with Crippen LogP contribution in [0.1, 0.15) is 29.8 Å². The number of nitrogens with zero attached hydrogens (tertiary/aromatic N) is 4. The molecular formula is C15H13F4N5. The van der Waals surface area contributed by atoms with E-state index in [9.17, 15) is 17.6 Å². The van der Waals surface area contributed by atoms with Crippen molar-refractivity contribution in [3.63, 3.8) is 0 Å². The maximum Gasteiger partial charge on any atom is 0.419 e. The second-order valence-electron chi connectivity index (χ2n) is 5.36. The van der Waals surface area contributed by atoms with Gasteiger partial charge in [0.05, 0.1) is 11.6 Å². The first-order chi connectivity index (χ1) is 11.3. The summed E-state index contributed by atoms with van der Waals surface area (Å²) in [5.41, 5.74) is -0.205. The van der Waals surface area contributed by atoms with Gasteiger partial charge in [0.25, 0.3) is 5.78 Å². The van der Waals surface area contributed by atoms with Gasteiger partial charge >= 0.3 is 6.18 Å². The van der Waals surface area contributed by atoms with Gasteiger partial charge in [-0.25, -0.2) is 9.37 Å². The number of nitrogens with one attached hydrogen (secondary N) is 1. The molecule has 1 atom stereocenters. The molecule has 5 nitrogen and oxygen atoms in total. The van der Waals surface area contributed by atoms with Crippen LogP contribution >= 0.6 is 0 Å². The third-order valence-corrected chi connectivity index (χ3v) is 3.54. The molecule has 0 amide bonds. The highest BCUT2D eigenvalue weighted by Crippen LogP contribution is 2.32. The molecule has 0 spiro atoms. The molecule has 1 N–H and O–H groups in total. The number of rotatable bonds is 3. The summed E-state index contributed by atoms with van der Waals surface area (Å²) in [5, 5.41) is 7.11. The summed E-state index contributed by atoms with van der Waals surface area (Å²) in [6, 6.07) is 4.14. The van der Waals surface area contributed by atoms with E-state index in [4.69, 9.17) is 0 Å². The van der Waals surface area contributed by atoms with Crippen LogP contribution in [0.3, 0.4) is 0 Å². The smallest absolute Gasteiger partial charge is 0.363 e. The molecule has 2 aromatic heterocycles. The molecule has 0 bridgehead atoms. The Bertz CT molecular complexity index is 887. The van der Waals surface area contributed by atoms with E-state index < -0.39 is 23.6 Å². The molecule has 3 rings (SSSR count). The summed E-state index contributed by atoms with van der Waals surface area (Å²) >= 11 is 0. The van der Waals surface area contributed by atoms with Gasteiger partial charge in [-0.05, 0) is 31.5 Å². The van der Waals surface area contributed by atoms with E-state index in [1.54, 1.807) is 19.9 Å². The van der Waals surface area contributed by atoms with Crippen LogP contribution in [0.5, 0.6) is 0 Å². The van der Waals surface area contributed by atoms with E-state index in [0.29, 0.717) is 22.9 Å². The Morgan fingerprint density at radius 3 is 2.62 bits per heavy atom. The fraction of sp³-hybridized carbons (Fsp3) is 0.267. The third-order valence-electron chi connectivity index (χ3n) is 3.54. The summed E-state index contributed by atoms with van der Waals surface area (Å²) in [4.78, 5) is 8.18. The monoisotopic (exact) mass is 339 g/mol. The molecule has 0 radical (unpaired) electrons. The Morgan fingerprint density at radius 2 is 1.96 bits per heavy atom. The van der Waals surface area contributed by atoms with Gasteiger partial charge in [0.1, 0.15) is 18.0 Å². The largest absolute Gasteiger partial charge is 0.419 e. The quantitative estimate of drug-likeness (QED) is 0.738. The second-order valence-corrected chi connectivity index (χ2v) is 5.36. The molecule has 0 fully saturated rings. The lowest BCUT2D eigenvalue weighted by Gasteiger charge is -2.17. The Labute approximate surface area is 134 Å². The molecule has 126 valence electrons. The molecule has 0 aliphatic carbocycles. The Balaban J connectivity index is 1.91. The van der Waals surface area contributed by atoms with E-state index in [1.165, 1.54) is 16.9 Å². The SMILES string of the molecule is Cc1cc(N[C@H](C)c2ccc(C(F)(F)F)c(F)c2)n2ncnc2n1. The number of aryl methyl sites for hydroxylation is 1. The van der Waals surface area contributed by atoms with Gasteiger partial charge in [0.15, 0.2) is 0 Å². The predicted molar refractivity (Wildman–Crippen MR) is 79.0 cm³/mol. The van der Waals surface area contributed by atoms with Crippen LogP contribution in [0.15, 0.2) is 30.6 Å². The number of hydrogen-bond donors (Lipinski definition) is 1. The Hall–Kier alpha value is -2.71. The first-order valence-electron chi connectivity index (χ1n) is 7.06. The van der Waals surface area contributed by atoms with Crippen LogP contribution in [-0.2, 0) is 6.18 Å². The van der Waals surface area contributed by atoms with Crippen LogP contribution in [0.2, 0.25) is 0 Å². The standard InChI is InChI=1S/C15H13F4N5/c1-8-5-13(24-14(22-8)20-7-21-24)23-9(2)10-3-4-11(12(16)6-10)15(17,18)19/h3-7,9,23H,1-2H3/t9-/m1/s1. The average molecular weight is 339 g/mol. The van der Waals surface area contributed by atoms with E-state index in [-0.39, 0.29) is 0 Å². The molecule has 24 heavy (non-hydrogen) atoms. The summed E-state index contributed by atoms with van der Waals surface area (Å²) in [6.45, 7) is 3.49. The normalized spacial score (nSPS) is 13.2. The predicted octanol–water partition coefficient (Wildman–Crippen LogP) is 3.76.